The summed E-state index contributed by atoms with van der Waals surface area (Å²) in [6.07, 6.45) is 1.96. The minimum absolute atomic E-state index is 0.201. The zero-order chi connectivity index (χ0) is 14.0. The molecule has 0 fully saturated rings. The third kappa shape index (κ3) is 8.11. The average molecular weight is 275 g/mol. The van der Waals surface area contributed by atoms with Crippen molar-refractivity contribution in [1.82, 2.24) is 5.32 Å². The first-order valence-electron chi connectivity index (χ1n) is 5.95. The van der Waals surface area contributed by atoms with Crippen LogP contribution in [0.1, 0.15) is 33.1 Å². The van der Waals surface area contributed by atoms with E-state index < -0.39 is 17.9 Å². The van der Waals surface area contributed by atoms with Crippen molar-refractivity contribution in [2.24, 2.45) is 0 Å². The van der Waals surface area contributed by atoms with Gasteiger partial charge in [0.05, 0.1) is 13.5 Å². The summed E-state index contributed by atoms with van der Waals surface area (Å²) in [4.78, 5) is 33.7. The third-order valence-electron chi connectivity index (χ3n) is 2.16. The van der Waals surface area contributed by atoms with E-state index in [0.717, 1.165) is 18.6 Å². The van der Waals surface area contributed by atoms with Gasteiger partial charge in [0.2, 0.25) is 5.91 Å². The summed E-state index contributed by atoms with van der Waals surface area (Å²) in [7, 11) is 1.28. The first-order chi connectivity index (χ1) is 8.51. The molecule has 0 heterocycles. The molecule has 1 N–H and O–H groups in total. The largest absolute Gasteiger partial charge is 0.467 e. The maximum Gasteiger partial charge on any atom is 0.329 e. The Bertz CT molecular complexity index is 294. The van der Waals surface area contributed by atoms with Crippen LogP contribution in [0.2, 0.25) is 0 Å². The van der Waals surface area contributed by atoms with Gasteiger partial charge in [-0.2, -0.15) is 11.8 Å². The third-order valence-corrected chi connectivity index (χ3v) is 3.30. The first kappa shape index (κ1) is 17.0. The fourth-order valence-electron chi connectivity index (χ4n) is 1.23. The lowest BCUT2D eigenvalue weighted by molar-refractivity contribution is -0.144. The number of esters is 1. The Hall–Kier alpha value is -1.04. The second-order valence-electron chi connectivity index (χ2n) is 3.95. The van der Waals surface area contributed by atoms with E-state index in [9.17, 15) is 14.4 Å². The minimum atomic E-state index is -0.677. The van der Waals surface area contributed by atoms with Crippen LogP contribution in [-0.2, 0) is 19.1 Å². The van der Waals surface area contributed by atoms with Crippen LogP contribution in [0, 0.1) is 0 Å². The van der Waals surface area contributed by atoms with Crippen LogP contribution >= 0.6 is 11.8 Å². The molecule has 0 aromatic carbocycles. The van der Waals surface area contributed by atoms with Crippen molar-refractivity contribution in [3.63, 3.8) is 0 Å². The van der Waals surface area contributed by atoms with Gasteiger partial charge in [-0.1, -0.05) is 13.3 Å². The standard InChI is InChI=1S/C12H21NO4S/c1-4-5-6-18-8-10(12(16)17-3)13-11(15)7-9(2)14/h10H,4-8H2,1-3H3,(H,13,15). The Kier molecular flexibility index (Phi) is 9.36. The van der Waals surface area contributed by atoms with E-state index in [1.807, 2.05) is 0 Å². The second-order valence-corrected chi connectivity index (χ2v) is 5.10. The van der Waals surface area contributed by atoms with Gasteiger partial charge < -0.3 is 10.1 Å². The van der Waals surface area contributed by atoms with E-state index in [-0.39, 0.29) is 12.2 Å². The molecule has 0 aliphatic heterocycles. The first-order valence-corrected chi connectivity index (χ1v) is 7.11. The monoisotopic (exact) mass is 275 g/mol. The number of hydrogen-bond donors (Lipinski definition) is 1. The van der Waals surface area contributed by atoms with E-state index >= 15 is 0 Å². The van der Waals surface area contributed by atoms with E-state index in [0.29, 0.717) is 5.75 Å². The Morgan fingerprint density at radius 1 is 1.33 bits per heavy atom. The summed E-state index contributed by atoms with van der Waals surface area (Å²) in [5.41, 5.74) is 0. The number of Topliss-reactive ketones (excluding diaryl/α,β-unsaturated/α-hetero) is 1. The van der Waals surface area contributed by atoms with Crippen LogP contribution < -0.4 is 5.32 Å². The molecule has 0 radical (unpaired) electrons. The summed E-state index contributed by atoms with van der Waals surface area (Å²) in [5.74, 6) is 0.266. The molecular formula is C12H21NO4S. The van der Waals surface area contributed by atoms with Crippen LogP contribution in [0.4, 0.5) is 0 Å². The lowest BCUT2D eigenvalue weighted by Gasteiger charge is -2.15. The fraction of sp³-hybridized carbons (Fsp3) is 0.750. The number of hydrogen-bond acceptors (Lipinski definition) is 5. The highest BCUT2D eigenvalue weighted by molar-refractivity contribution is 7.99. The molecule has 0 aliphatic carbocycles. The van der Waals surface area contributed by atoms with Gasteiger partial charge in [0.15, 0.2) is 0 Å². The number of amides is 1. The van der Waals surface area contributed by atoms with Crippen LogP contribution in [0.5, 0.6) is 0 Å². The molecule has 0 saturated carbocycles. The predicted molar refractivity (Wildman–Crippen MR) is 71.5 cm³/mol. The number of carbonyl (C=O) groups excluding carboxylic acids is 3. The van der Waals surface area contributed by atoms with Crippen molar-refractivity contribution in [3.05, 3.63) is 0 Å². The number of unbranched alkanes of at least 4 members (excludes halogenated alkanes) is 1. The maximum absolute atomic E-state index is 11.5. The van der Waals surface area contributed by atoms with Crippen LogP contribution in [0.15, 0.2) is 0 Å². The average Bonchev–Trinajstić information content (AvgIpc) is 2.31. The number of thioether (sulfide) groups is 1. The second kappa shape index (κ2) is 9.94. The molecule has 1 atom stereocenters. The van der Waals surface area contributed by atoms with Crippen molar-refractivity contribution in [1.29, 1.82) is 0 Å². The van der Waals surface area contributed by atoms with E-state index in [4.69, 9.17) is 0 Å². The fourth-order valence-corrected chi connectivity index (χ4v) is 2.34. The Morgan fingerprint density at radius 2 is 2.00 bits per heavy atom. The Morgan fingerprint density at radius 3 is 2.50 bits per heavy atom. The molecule has 6 heteroatoms. The maximum atomic E-state index is 11.5. The van der Waals surface area contributed by atoms with Gasteiger partial charge >= 0.3 is 5.97 Å². The predicted octanol–water partition coefficient (Wildman–Crippen LogP) is 1.16. The lowest BCUT2D eigenvalue weighted by Crippen LogP contribution is -2.43. The van der Waals surface area contributed by atoms with Crippen molar-refractivity contribution in [2.75, 3.05) is 18.6 Å². The molecule has 1 unspecified atom stereocenters. The van der Waals surface area contributed by atoms with Crippen LogP contribution in [0.3, 0.4) is 0 Å². The number of rotatable bonds is 9. The summed E-state index contributed by atoms with van der Waals surface area (Å²) in [5, 5.41) is 2.52. The molecule has 0 aromatic heterocycles. The van der Waals surface area contributed by atoms with E-state index in [2.05, 4.69) is 17.0 Å². The van der Waals surface area contributed by atoms with E-state index in [1.54, 1.807) is 11.8 Å². The molecule has 0 bridgehead atoms. The summed E-state index contributed by atoms with van der Waals surface area (Å²) >= 11 is 1.59. The van der Waals surface area contributed by atoms with Gasteiger partial charge in [-0.05, 0) is 19.1 Å². The molecule has 0 spiro atoms. The molecule has 104 valence electrons. The van der Waals surface area contributed by atoms with Gasteiger partial charge in [-0.25, -0.2) is 4.79 Å². The number of ketones is 1. The molecule has 0 saturated heterocycles. The highest BCUT2D eigenvalue weighted by Gasteiger charge is 2.21. The normalized spacial score (nSPS) is 11.7. The van der Waals surface area contributed by atoms with Crippen LogP contribution in [0.25, 0.3) is 0 Å². The minimum Gasteiger partial charge on any atom is -0.467 e. The van der Waals surface area contributed by atoms with Gasteiger partial charge in [0.1, 0.15) is 11.8 Å². The highest BCUT2D eigenvalue weighted by atomic mass is 32.2. The smallest absolute Gasteiger partial charge is 0.329 e. The number of nitrogens with one attached hydrogen (secondary N) is 1. The quantitative estimate of drug-likeness (QED) is 0.388. The summed E-state index contributed by atoms with van der Waals surface area (Å²) in [6, 6.07) is -0.677. The SMILES string of the molecule is CCCCSCC(NC(=O)CC(C)=O)C(=O)OC. The number of methoxy groups -OCH3 is 1. The topological polar surface area (TPSA) is 72.5 Å². The van der Waals surface area contributed by atoms with Crippen molar-refractivity contribution < 1.29 is 19.1 Å². The molecule has 1 amide bonds. The number of ether oxygens (including phenoxy) is 1. The number of carbonyl (C=O) groups is 3. The Labute approximate surface area is 112 Å². The molecule has 0 aliphatic rings. The van der Waals surface area contributed by atoms with Gasteiger partial charge in [0.25, 0.3) is 0 Å². The van der Waals surface area contributed by atoms with Gasteiger partial charge in [-0.3, -0.25) is 9.59 Å². The highest BCUT2D eigenvalue weighted by Crippen LogP contribution is 2.07. The zero-order valence-corrected chi connectivity index (χ0v) is 12.0. The summed E-state index contributed by atoms with van der Waals surface area (Å²) < 4.78 is 4.62. The Balaban J connectivity index is 4.18. The molecule has 18 heavy (non-hydrogen) atoms. The van der Waals surface area contributed by atoms with Crippen LogP contribution in [-0.4, -0.2) is 42.3 Å². The zero-order valence-electron chi connectivity index (χ0n) is 11.2. The van der Waals surface area contributed by atoms with Crippen molar-refractivity contribution in [3.8, 4) is 0 Å². The molecule has 5 nitrogen and oxygen atoms in total. The summed E-state index contributed by atoms with van der Waals surface area (Å²) in [6.45, 7) is 3.43. The van der Waals surface area contributed by atoms with Crippen molar-refractivity contribution >= 4 is 29.4 Å². The van der Waals surface area contributed by atoms with Gasteiger partial charge in [-0.15, -0.1) is 0 Å². The molecule has 0 rings (SSSR count). The molecular weight excluding hydrogens is 254 g/mol. The lowest BCUT2D eigenvalue weighted by atomic mass is 10.2. The van der Waals surface area contributed by atoms with Gasteiger partial charge in [0, 0.05) is 5.75 Å². The van der Waals surface area contributed by atoms with E-state index in [1.165, 1.54) is 14.0 Å². The molecule has 0 aromatic rings. The van der Waals surface area contributed by atoms with Crippen molar-refractivity contribution in [2.45, 2.75) is 39.2 Å².